The van der Waals surface area contributed by atoms with Gasteiger partial charge in [-0.05, 0) is 47.4 Å². The van der Waals surface area contributed by atoms with E-state index in [4.69, 9.17) is 5.14 Å². The van der Waals surface area contributed by atoms with Gasteiger partial charge in [0.15, 0.2) is 0 Å². The van der Waals surface area contributed by atoms with Gasteiger partial charge in [-0.25, -0.2) is 13.6 Å². The van der Waals surface area contributed by atoms with E-state index >= 15 is 0 Å². The largest absolute Gasteiger partial charge is 0.294 e. The Kier molecular flexibility index (Phi) is 4.25. The average molecular weight is 339 g/mol. The van der Waals surface area contributed by atoms with E-state index in [1.165, 1.54) is 4.88 Å². The van der Waals surface area contributed by atoms with Gasteiger partial charge in [0, 0.05) is 17.5 Å². The summed E-state index contributed by atoms with van der Waals surface area (Å²) in [5.41, 5.74) is 0. The maximum Gasteiger partial charge on any atom is 0.210 e. The lowest BCUT2D eigenvalue weighted by atomic mass is 10.2. The number of thiophene rings is 1. The van der Waals surface area contributed by atoms with Crippen molar-refractivity contribution in [3.05, 3.63) is 20.8 Å². The van der Waals surface area contributed by atoms with Crippen LogP contribution in [0.25, 0.3) is 0 Å². The van der Waals surface area contributed by atoms with Gasteiger partial charge in [0.05, 0.1) is 9.54 Å². The number of rotatable bonds is 4. The molecule has 1 aliphatic rings. The smallest absolute Gasteiger partial charge is 0.210 e. The van der Waals surface area contributed by atoms with E-state index < -0.39 is 10.0 Å². The second-order valence-corrected chi connectivity index (χ2v) is 8.51. The highest BCUT2D eigenvalue weighted by molar-refractivity contribution is 9.11. The Bertz CT molecular complexity index is 486. The van der Waals surface area contributed by atoms with Crippen molar-refractivity contribution in [2.75, 3.05) is 12.3 Å². The van der Waals surface area contributed by atoms with Gasteiger partial charge in [0.25, 0.3) is 0 Å². The van der Waals surface area contributed by atoms with Crippen molar-refractivity contribution in [3.63, 3.8) is 0 Å². The van der Waals surface area contributed by atoms with Crippen LogP contribution in [0.2, 0.25) is 0 Å². The fraction of sp³-hybridized carbons (Fsp3) is 0.600. The van der Waals surface area contributed by atoms with Crippen molar-refractivity contribution in [1.29, 1.82) is 0 Å². The molecular weight excluding hydrogens is 324 g/mol. The normalized spacial score (nSPS) is 22.1. The van der Waals surface area contributed by atoms with E-state index in [0.717, 1.165) is 29.7 Å². The first kappa shape index (κ1) is 13.5. The quantitative estimate of drug-likeness (QED) is 0.909. The highest BCUT2D eigenvalue weighted by Gasteiger charge is 2.27. The van der Waals surface area contributed by atoms with Crippen LogP contribution < -0.4 is 5.14 Å². The first-order valence-electron chi connectivity index (χ1n) is 5.43. The van der Waals surface area contributed by atoms with Crippen LogP contribution in [0.5, 0.6) is 0 Å². The highest BCUT2D eigenvalue weighted by atomic mass is 79.9. The molecule has 2 N–H and O–H groups in total. The van der Waals surface area contributed by atoms with Gasteiger partial charge in [-0.1, -0.05) is 0 Å². The predicted octanol–water partition coefficient (Wildman–Crippen LogP) is 1.76. The van der Waals surface area contributed by atoms with Crippen LogP contribution in [-0.4, -0.2) is 31.7 Å². The summed E-state index contributed by atoms with van der Waals surface area (Å²) >= 11 is 5.12. The van der Waals surface area contributed by atoms with Gasteiger partial charge in [0.2, 0.25) is 10.0 Å². The molecule has 1 aromatic heterocycles. The molecule has 0 saturated carbocycles. The van der Waals surface area contributed by atoms with Crippen molar-refractivity contribution in [1.82, 2.24) is 4.90 Å². The molecule has 2 rings (SSSR count). The van der Waals surface area contributed by atoms with Crippen LogP contribution in [0.3, 0.4) is 0 Å². The second kappa shape index (κ2) is 5.36. The number of halogens is 1. The van der Waals surface area contributed by atoms with E-state index in [9.17, 15) is 8.42 Å². The molecule has 4 nitrogen and oxygen atoms in total. The fourth-order valence-corrected chi connectivity index (χ4v) is 4.62. The van der Waals surface area contributed by atoms with Crippen molar-refractivity contribution < 1.29 is 8.42 Å². The predicted molar refractivity (Wildman–Crippen MR) is 73.4 cm³/mol. The molecule has 0 radical (unpaired) electrons. The topological polar surface area (TPSA) is 63.4 Å². The number of hydrogen-bond donors (Lipinski definition) is 1. The van der Waals surface area contributed by atoms with Crippen LogP contribution in [0.15, 0.2) is 15.9 Å². The third-order valence-electron chi connectivity index (χ3n) is 2.91. The van der Waals surface area contributed by atoms with Crippen LogP contribution >= 0.6 is 27.3 Å². The Morgan fingerprint density at radius 3 is 2.88 bits per heavy atom. The van der Waals surface area contributed by atoms with E-state index in [-0.39, 0.29) is 11.8 Å². The summed E-state index contributed by atoms with van der Waals surface area (Å²) in [5.74, 6) is 0.0690. The van der Waals surface area contributed by atoms with Gasteiger partial charge >= 0.3 is 0 Å². The maximum absolute atomic E-state index is 11.1. The van der Waals surface area contributed by atoms with Gasteiger partial charge < -0.3 is 0 Å². The lowest BCUT2D eigenvalue weighted by Crippen LogP contribution is -2.36. The minimum absolute atomic E-state index is 0.0690. The molecule has 17 heavy (non-hydrogen) atoms. The van der Waals surface area contributed by atoms with Crippen LogP contribution in [0.1, 0.15) is 17.7 Å². The average Bonchev–Trinajstić information content (AvgIpc) is 2.75. The minimum atomic E-state index is -3.38. The zero-order valence-electron chi connectivity index (χ0n) is 9.30. The van der Waals surface area contributed by atoms with Crippen LogP contribution in [0.4, 0.5) is 0 Å². The Morgan fingerprint density at radius 2 is 2.29 bits per heavy atom. The van der Waals surface area contributed by atoms with Crippen molar-refractivity contribution in [2.24, 2.45) is 5.14 Å². The Morgan fingerprint density at radius 1 is 1.53 bits per heavy atom. The molecule has 96 valence electrons. The first-order chi connectivity index (χ1) is 7.94. The summed E-state index contributed by atoms with van der Waals surface area (Å²) in [4.78, 5) is 3.46. The number of sulfonamides is 1. The van der Waals surface area contributed by atoms with Gasteiger partial charge in [-0.15, -0.1) is 11.3 Å². The summed E-state index contributed by atoms with van der Waals surface area (Å²) in [6.07, 6.45) is 1.97. The number of hydrogen-bond acceptors (Lipinski definition) is 4. The molecule has 0 amide bonds. The maximum atomic E-state index is 11.1. The molecular formula is C10H15BrN2O2S2. The molecule has 0 unspecified atom stereocenters. The van der Waals surface area contributed by atoms with Crippen molar-refractivity contribution in [2.45, 2.75) is 25.4 Å². The van der Waals surface area contributed by atoms with Gasteiger partial charge in [-0.2, -0.15) is 0 Å². The molecule has 1 fully saturated rings. The van der Waals surface area contributed by atoms with Crippen LogP contribution in [-0.2, 0) is 16.6 Å². The number of likely N-dealkylation sites (tertiary alicyclic amines) is 1. The molecule has 0 aliphatic carbocycles. The summed E-state index contributed by atoms with van der Waals surface area (Å²) in [6.45, 7) is 1.77. The molecule has 0 aromatic carbocycles. The number of nitrogens with zero attached hydrogens (tertiary/aromatic N) is 1. The molecule has 2 heterocycles. The minimum Gasteiger partial charge on any atom is -0.294 e. The third kappa shape index (κ3) is 4.03. The summed E-state index contributed by atoms with van der Waals surface area (Å²) in [7, 11) is -3.38. The molecule has 1 saturated heterocycles. The van der Waals surface area contributed by atoms with Crippen LogP contribution in [0, 0.1) is 0 Å². The summed E-state index contributed by atoms with van der Waals surface area (Å²) < 4.78 is 23.4. The van der Waals surface area contributed by atoms with Crippen molar-refractivity contribution in [3.8, 4) is 0 Å². The molecule has 0 spiro atoms. The monoisotopic (exact) mass is 338 g/mol. The lowest BCUT2D eigenvalue weighted by Gasteiger charge is -2.22. The summed E-state index contributed by atoms with van der Waals surface area (Å²) in [5, 5.41) is 5.12. The first-order valence-corrected chi connectivity index (χ1v) is 8.75. The van der Waals surface area contributed by atoms with E-state index in [2.05, 4.69) is 26.9 Å². The zero-order chi connectivity index (χ0) is 12.5. The SMILES string of the molecule is NS(=O)(=O)C[C@H]1CCCN1Cc1ccc(Br)s1. The Hall–Kier alpha value is 0.0500. The van der Waals surface area contributed by atoms with Gasteiger partial charge in [-0.3, -0.25) is 4.90 Å². The molecule has 1 aliphatic heterocycles. The molecule has 1 atom stereocenters. The fourth-order valence-electron chi connectivity index (χ4n) is 2.20. The van der Waals surface area contributed by atoms with E-state index in [1.54, 1.807) is 11.3 Å². The second-order valence-electron chi connectivity index (χ2n) is 4.30. The Labute approximate surface area is 114 Å². The van der Waals surface area contributed by atoms with Crippen molar-refractivity contribution >= 4 is 37.3 Å². The number of primary sulfonamides is 1. The number of nitrogens with two attached hydrogens (primary N) is 1. The molecule has 1 aromatic rings. The summed E-state index contributed by atoms with van der Waals surface area (Å²) in [6, 6.07) is 4.16. The third-order valence-corrected chi connectivity index (χ3v) is 5.37. The lowest BCUT2D eigenvalue weighted by molar-refractivity contribution is 0.264. The molecule has 0 bridgehead atoms. The van der Waals surface area contributed by atoms with Gasteiger partial charge in [0.1, 0.15) is 0 Å². The molecule has 7 heteroatoms. The van der Waals surface area contributed by atoms with E-state index in [0.29, 0.717) is 0 Å². The Balaban J connectivity index is 2.00. The highest BCUT2D eigenvalue weighted by Crippen LogP contribution is 2.26. The standard InChI is InChI=1S/C10H15BrN2O2S2/c11-10-4-3-9(16-10)6-13-5-1-2-8(13)7-17(12,14)15/h3-4,8H,1-2,5-7H2,(H2,12,14,15)/t8-/m1/s1. The van der Waals surface area contributed by atoms with E-state index in [1.807, 2.05) is 6.07 Å². The zero-order valence-corrected chi connectivity index (χ0v) is 12.5.